The number of unbranched alkanes of at least 4 members (excludes halogenated alkanes) is 2. The van der Waals surface area contributed by atoms with Crippen molar-refractivity contribution in [2.24, 2.45) is 40.3 Å². The second kappa shape index (κ2) is 33.8. The average molecular weight is 997 g/mol. The number of nitrogens with two attached hydrogens (primary N) is 6. The first kappa shape index (κ1) is 60.4. The molecule has 1 saturated heterocycles. The van der Waals surface area contributed by atoms with Crippen LogP contribution in [0, 0.1) is 27.6 Å². The number of carbonyl (C=O) groups excluding carboxylic acids is 8. The minimum Gasteiger partial charge on any atom is -0.370 e. The van der Waals surface area contributed by atoms with Gasteiger partial charge in [0.15, 0.2) is 23.8 Å². The van der Waals surface area contributed by atoms with Crippen molar-refractivity contribution >= 4 is 82.9 Å². The Bertz CT molecular complexity index is 1770. The Kier molecular flexibility index (Phi) is 29.5. The van der Waals surface area contributed by atoms with Crippen molar-refractivity contribution in [3.05, 3.63) is 0 Å². The third-order valence-corrected chi connectivity index (χ3v) is 11.8. The lowest BCUT2D eigenvalue weighted by molar-refractivity contribution is -0.138. The number of nitrogens with one attached hydrogen (secondary N) is 13. The van der Waals surface area contributed by atoms with Crippen molar-refractivity contribution in [2.75, 3.05) is 51.6 Å². The number of carbonyl (C=O) groups is 8. The number of nitrogens with zero attached hydrogens (tertiary/aromatic N) is 1. The van der Waals surface area contributed by atoms with E-state index in [0.29, 0.717) is 32.4 Å². The lowest BCUT2D eigenvalue weighted by atomic mass is 10.0. The molecule has 8 amide bonds. The number of thioether (sulfide) groups is 1. The van der Waals surface area contributed by atoms with E-state index < -0.39 is 76.7 Å². The molecular weight excluding hydrogens is 921 g/mol. The number of amides is 8. The number of likely N-dealkylation sites (tertiary alicyclic amines) is 1. The highest BCUT2D eigenvalue weighted by Crippen LogP contribution is 2.25. The topological polar surface area (TPSA) is 500 Å². The van der Waals surface area contributed by atoms with Crippen LogP contribution in [0.3, 0.4) is 0 Å². The molecule has 28 nitrogen and oxygen atoms in total. The van der Waals surface area contributed by atoms with E-state index in [-0.39, 0.29) is 120 Å². The largest absolute Gasteiger partial charge is 0.370 e. The number of rotatable bonds is 36. The second-order valence-corrected chi connectivity index (χ2v) is 17.6. The van der Waals surface area contributed by atoms with E-state index in [1.54, 1.807) is 6.92 Å². The number of hydrogen-bond acceptors (Lipinski definition) is 14. The van der Waals surface area contributed by atoms with Crippen LogP contribution in [0.25, 0.3) is 0 Å². The van der Waals surface area contributed by atoms with E-state index >= 15 is 0 Å². The van der Waals surface area contributed by atoms with Gasteiger partial charge in [-0.2, -0.15) is 0 Å². The summed E-state index contributed by atoms with van der Waals surface area (Å²) in [4.78, 5) is 107. The molecule has 0 saturated carbocycles. The fourth-order valence-electron chi connectivity index (χ4n) is 6.71. The van der Waals surface area contributed by atoms with Crippen LogP contribution in [0.2, 0.25) is 0 Å². The quantitative estimate of drug-likeness (QED) is 0.0121. The van der Waals surface area contributed by atoms with Gasteiger partial charge in [0.05, 0.1) is 5.25 Å². The van der Waals surface area contributed by atoms with Crippen molar-refractivity contribution in [1.29, 1.82) is 21.6 Å². The van der Waals surface area contributed by atoms with Crippen LogP contribution in [0.1, 0.15) is 90.4 Å². The highest BCUT2D eigenvalue weighted by atomic mass is 32.2. The van der Waals surface area contributed by atoms with Gasteiger partial charge in [0.2, 0.25) is 47.3 Å². The molecule has 1 fully saturated rings. The second-order valence-electron chi connectivity index (χ2n) is 16.3. The molecule has 25 N–H and O–H groups in total. The van der Waals surface area contributed by atoms with Crippen molar-refractivity contribution in [1.82, 2.24) is 52.8 Å². The molecule has 1 unspecified atom stereocenters. The van der Waals surface area contributed by atoms with Gasteiger partial charge >= 0.3 is 0 Å². The SMILES string of the molecule is C[C@H](CCCNC(=N)N)C(=O)N[C@H](CCCNC(=N)N)C(=O)N[C@H](CCCNC(=N)N)C(=O)N[C@H](CCCNC(=N)N)C(=O)N[C@H](CSC1CC(=O)N(CCNC(=O)CCCCCN)C1=O)C(N)=O. The van der Waals surface area contributed by atoms with Crippen LogP contribution < -0.4 is 82.3 Å². The fraction of sp³-hybridized carbons (Fsp3) is 0.700. The molecule has 0 aromatic carbocycles. The molecule has 0 radical (unpaired) electrons. The molecule has 0 aromatic rings. The molecule has 1 aliphatic heterocycles. The third kappa shape index (κ3) is 26.5. The minimum absolute atomic E-state index is 0.0441. The lowest BCUT2D eigenvalue weighted by Crippen LogP contribution is -2.58. The molecule has 69 heavy (non-hydrogen) atoms. The third-order valence-electron chi connectivity index (χ3n) is 10.5. The Morgan fingerprint density at radius 1 is 0.580 bits per heavy atom. The zero-order valence-electron chi connectivity index (χ0n) is 39.4. The van der Waals surface area contributed by atoms with Gasteiger partial charge in [0.1, 0.15) is 24.2 Å². The summed E-state index contributed by atoms with van der Waals surface area (Å²) < 4.78 is 0. The van der Waals surface area contributed by atoms with Gasteiger partial charge in [-0.3, -0.25) is 64.9 Å². The minimum atomic E-state index is -1.38. The molecule has 390 valence electrons. The fourth-order valence-corrected chi connectivity index (χ4v) is 7.92. The van der Waals surface area contributed by atoms with Gasteiger partial charge in [-0.05, 0) is 70.8 Å². The van der Waals surface area contributed by atoms with E-state index in [1.165, 1.54) is 0 Å². The van der Waals surface area contributed by atoms with Crippen molar-refractivity contribution in [3.8, 4) is 0 Å². The first-order chi connectivity index (χ1) is 32.7. The predicted molar refractivity (Wildman–Crippen MR) is 261 cm³/mol. The number of primary amides is 1. The van der Waals surface area contributed by atoms with E-state index in [4.69, 9.17) is 56.0 Å². The summed E-state index contributed by atoms with van der Waals surface area (Å²) in [6, 6.07) is -5.24. The van der Waals surface area contributed by atoms with Gasteiger partial charge < -0.3 is 82.3 Å². The number of imide groups is 1. The Labute approximate surface area is 406 Å². The zero-order valence-corrected chi connectivity index (χ0v) is 40.2. The van der Waals surface area contributed by atoms with Gasteiger partial charge in [-0.25, -0.2) is 0 Å². The van der Waals surface area contributed by atoms with E-state index in [0.717, 1.165) is 29.5 Å². The summed E-state index contributed by atoms with van der Waals surface area (Å²) in [5.41, 5.74) is 32.7. The molecule has 1 aliphatic rings. The summed E-state index contributed by atoms with van der Waals surface area (Å²) in [6.07, 6.45) is 3.79. The van der Waals surface area contributed by atoms with E-state index in [2.05, 4.69) is 47.9 Å². The zero-order chi connectivity index (χ0) is 51.9. The predicted octanol–water partition coefficient (Wildman–Crippen LogP) is -5.40. The Hall–Kier alpha value is -6.65. The molecule has 0 spiro atoms. The van der Waals surface area contributed by atoms with Crippen LogP contribution in [0.4, 0.5) is 0 Å². The maximum atomic E-state index is 14.1. The maximum absolute atomic E-state index is 14.1. The molecule has 0 aliphatic carbocycles. The smallest absolute Gasteiger partial charge is 0.243 e. The standard InChI is InChI=1S/C40H76N20O8S/c1-23(9-5-15-52-37(43)44)32(64)56-24(10-6-16-53-38(45)46)33(65)57-25(11-7-17-54-39(47)48)34(66)58-26(12-8-18-55-40(49)50)35(67)59-27(31(42)63)22-69-28-21-30(62)60(36(28)68)20-19-51-29(61)13-3-2-4-14-41/h23-28H,2-22,41H2,1H3,(H2,42,63)(H,51,61)(H,56,64)(H,57,65)(H,58,66)(H,59,67)(H4,43,44,52)(H4,45,46,53)(H4,47,48,54)(H4,49,50,55)/t23-,24-,25-,26-,27-,28?/m1/s1. The van der Waals surface area contributed by atoms with Crippen LogP contribution in [0.15, 0.2) is 0 Å². The molecule has 1 heterocycles. The van der Waals surface area contributed by atoms with Crippen molar-refractivity contribution < 1.29 is 38.4 Å². The Morgan fingerprint density at radius 2 is 1.00 bits per heavy atom. The molecule has 29 heteroatoms. The van der Waals surface area contributed by atoms with Crippen LogP contribution in [0.5, 0.6) is 0 Å². The van der Waals surface area contributed by atoms with Crippen molar-refractivity contribution in [2.45, 2.75) is 120 Å². The van der Waals surface area contributed by atoms with E-state index in [9.17, 15) is 38.4 Å². The Balaban J connectivity index is 3.24. The van der Waals surface area contributed by atoms with Crippen LogP contribution in [-0.2, 0) is 38.4 Å². The average Bonchev–Trinajstić information content (AvgIpc) is 3.55. The van der Waals surface area contributed by atoms with Crippen LogP contribution >= 0.6 is 11.8 Å². The summed E-state index contributed by atoms with van der Waals surface area (Å²) in [5.74, 6) is -7.08. The first-order valence-corrected chi connectivity index (χ1v) is 24.0. The summed E-state index contributed by atoms with van der Waals surface area (Å²) >= 11 is 0.928. The van der Waals surface area contributed by atoms with Crippen molar-refractivity contribution in [3.63, 3.8) is 0 Å². The summed E-state index contributed by atoms with van der Waals surface area (Å²) in [6.45, 7) is 2.96. The molecule has 1 rings (SSSR count). The van der Waals surface area contributed by atoms with Crippen LogP contribution in [-0.4, -0.2) is 157 Å². The summed E-state index contributed by atoms with van der Waals surface area (Å²) in [5, 5.41) is 52.6. The normalized spacial score (nSPS) is 15.3. The number of hydrogen-bond donors (Lipinski definition) is 19. The van der Waals surface area contributed by atoms with Gasteiger partial charge in [0.25, 0.3) is 0 Å². The van der Waals surface area contributed by atoms with Gasteiger partial charge in [0, 0.05) is 63.8 Å². The van der Waals surface area contributed by atoms with Gasteiger partial charge in [-0.15, -0.1) is 11.8 Å². The molecule has 0 bridgehead atoms. The number of guanidine groups is 4. The van der Waals surface area contributed by atoms with Gasteiger partial charge in [-0.1, -0.05) is 13.3 Å². The summed E-state index contributed by atoms with van der Waals surface area (Å²) in [7, 11) is 0. The first-order valence-electron chi connectivity index (χ1n) is 22.9. The molecule has 6 atom stereocenters. The highest BCUT2D eigenvalue weighted by Gasteiger charge is 2.39. The lowest BCUT2D eigenvalue weighted by Gasteiger charge is -2.27. The monoisotopic (exact) mass is 997 g/mol. The molecule has 0 aromatic heterocycles. The molecular formula is C40H76N20O8S. The van der Waals surface area contributed by atoms with E-state index in [1.807, 2.05) is 0 Å². The highest BCUT2D eigenvalue weighted by molar-refractivity contribution is 8.00. The Morgan fingerprint density at radius 3 is 1.42 bits per heavy atom. The maximum Gasteiger partial charge on any atom is 0.243 e.